The molecule has 0 spiro atoms. The van der Waals surface area contributed by atoms with Gasteiger partial charge in [0, 0.05) is 12.0 Å². The minimum absolute atomic E-state index is 0.0335. The Balaban J connectivity index is 2.35. The third-order valence-corrected chi connectivity index (χ3v) is 2.43. The SMILES string of the molecule is CC(CC(=O)O)c1nc2ccc(O)cc2[nH]1. The van der Waals surface area contributed by atoms with Crippen molar-refractivity contribution in [1.29, 1.82) is 0 Å². The van der Waals surface area contributed by atoms with Gasteiger partial charge in [0.25, 0.3) is 0 Å². The van der Waals surface area contributed by atoms with E-state index in [1.165, 1.54) is 0 Å². The van der Waals surface area contributed by atoms with Gasteiger partial charge in [0.2, 0.25) is 0 Å². The molecule has 0 saturated carbocycles. The number of nitrogens with one attached hydrogen (secondary N) is 1. The van der Waals surface area contributed by atoms with Crippen molar-refractivity contribution in [3.63, 3.8) is 0 Å². The Morgan fingerprint density at radius 2 is 2.31 bits per heavy atom. The third-order valence-electron chi connectivity index (χ3n) is 2.43. The number of carboxylic acid groups (broad SMARTS) is 1. The zero-order chi connectivity index (χ0) is 11.7. The number of hydrogen-bond donors (Lipinski definition) is 3. The molecular weight excluding hydrogens is 208 g/mol. The van der Waals surface area contributed by atoms with E-state index in [0.717, 1.165) is 5.52 Å². The number of aliphatic carboxylic acids is 1. The standard InChI is InChI=1S/C11H12N2O3/c1-6(4-10(15)16)11-12-8-3-2-7(14)5-9(8)13-11/h2-3,5-6,14H,4H2,1H3,(H,12,13)(H,15,16). The first kappa shape index (κ1) is 10.5. The molecule has 0 aliphatic heterocycles. The number of aromatic amines is 1. The summed E-state index contributed by atoms with van der Waals surface area (Å²) >= 11 is 0. The van der Waals surface area contributed by atoms with E-state index < -0.39 is 5.97 Å². The lowest BCUT2D eigenvalue weighted by Crippen LogP contribution is -2.04. The van der Waals surface area contributed by atoms with Gasteiger partial charge in [-0.25, -0.2) is 4.98 Å². The molecule has 0 aliphatic carbocycles. The highest BCUT2D eigenvalue weighted by Gasteiger charge is 2.14. The molecule has 1 aromatic heterocycles. The van der Waals surface area contributed by atoms with Crippen LogP contribution in [0.5, 0.6) is 5.75 Å². The van der Waals surface area contributed by atoms with E-state index in [9.17, 15) is 9.90 Å². The van der Waals surface area contributed by atoms with Crippen molar-refractivity contribution in [3.05, 3.63) is 24.0 Å². The summed E-state index contributed by atoms with van der Waals surface area (Å²) in [6.07, 6.45) is 0.0335. The van der Waals surface area contributed by atoms with Gasteiger partial charge in [-0.3, -0.25) is 4.79 Å². The van der Waals surface area contributed by atoms with Crippen LogP contribution in [0.1, 0.15) is 25.1 Å². The van der Waals surface area contributed by atoms with Gasteiger partial charge >= 0.3 is 5.97 Å². The second-order valence-corrected chi connectivity index (χ2v) is 3.82. The van der Waals surface area contributed by atoms with Crippen molar-refractivity contribution in [2.24, 2.45) is 0 Å². The van der Waals surface area contributed by atoms with Crippen molar-refractivity contribution in [1.82, 2.24) is 9.97 Å². The smallest absolute Gasteiger partial charge is 0.304 e. The monoisotopic (exact) mass is 220 g/mol. The fraction of sp³-hybridized carbons (Fsp3) is 0.273. The molecule has 84 valence electrons. The van der Waals surface area contributed by atoms with Crippen LogP contribution in [0.3, 0.4) is 0 Å². The summed E-state index contributed by atoms with van der Waals surface area (Å²) in [6.45, 7) is 1.80. The van der Waals surface area contributed by atoms with Gasteiger partial charge in [0.05, 0.1) is 17.5 Å². The summed E-state index contributed by atoms with van der Waals surface area (Å²) in [5.74, 6) is -0.237. The van der Waals surface area contributed by atoms with Crippen LogP contribution in [0.25, 0.3) is 11.0 Å². The number of benzene rings is 1. The fourth-order valence-corrected chi connectivity index (χ4v) is 1.61. The van der Waals surface area contributed by atoms with Crippen molar-refractivity contribution in [2.45, 2.75) is 19.3 Å². The van der Waals surface area contributed by atoms with Crippen molar-refractivity contribution < 1.29 is 15.0 Å². The first-order chi connectivity index (χ1) is 7.56. The number of phenols is 1. The first-order valence-electron chi connectivity index (χ1n) is 4.96. The summed E-state index contributed by atoms with van der Waals surface area (Å²) in [5, 5.41) is 18.0. The molecule has 0 aliphatic rings. The van der Waals surface area contributed by atoms with Gasteiger partial charge in [-0.15, -0.1) is 0 Å². The van der Waals surface area contributed by atoms with Crippen LogP contribution in [0, 0.1) is 0 Å². The Labute approximate surface area is 91.8 Å². The topological polar surface area (TPSA) is 86.2 Å². The molecule has 5 nitrogen and oxygen atoms in total. The lowest BCUT2D eigenvalue weighted by Gasteiger charge is -2.03. The lowest BCUT2D eigenvalue weighted by molar-refractivity contribution is -0.137. The largest absolute Gasteiger partial charge is 0.508 e. The van der Waals surface area contributed by atoms with Gasteiger partial charge in [-0.1, -0.05) is 6.92 Å². The summed E-state index contributed by atoms with van der Waals surface area (Å²) in [6, 6.07) is 4.81. The van der Waals surface area contributed by atoms with E-state index in [0.29, 0.717) is 11.3 Å². The van der Waals surface area contributed by atoms with Crippen LogP contribution in [-0.2, 0) is 4.79 Å². The maximum atomic E-state index is 10.6. The molecule has 1 heterocycles. The molecule has 5 heteroatoms. The lowest BCUT2D eigenvalue weighted by atomic mass is 10.1. The Hall–Kier alpha value is -2.04. The quantitative estimate of drug-likeness (QED) is 0.736. The van der Waals surface area contributed by atoms with Crippen LogP contribution in [0.4, 0.5) is 0 Å². The highest BCUT2D eigenvalue weighted by molar-refractivity contribution is 5.77. The molecule has 0 radical (unpaired) electrons. The Morgan fingerprint density at radius 3 is 3.00 bits per heavy atom. The maximum Gasteiger partial charge on any atom is 0.304 e. The predicted octanol–water partition coefficient (Wildman–Crippen LogP) is 1.85. The normalized spacial score (nSPS) is 12.8. The van der Waals surface area contributed by atoms with Crippen molar-refractivity contribution in [3.8, 4) is 5.75 Å². The van der Waals surface area contributed by atoms with E-state index in [2.05, 4.69) is 9.97 Å². The summed E-state index contributed by atoms with van der Waals surface area (Å²) < 4.78 is 0. The molecule has 2 rings (SSSR count). The number of nitrogens with zero attached hydrogens (tertiary/aromatic N) is 1. The van der Waals surface area contributed by atoms with Crippen LogP contribution in [0.2, 0.25) is 0 Å². The number of carbonyl (C=O) groups is 1. The number of aromatic hydroxyl groups is 1. The Bertz CT molecular complexity index is 533. The molecule has 1 unspecified atom stereocenters. The predicted molar refractivity (Wildman–Crippen MR) is 58.4 cm³/mol. The Morgan fingerprint density at radius 1 is 1.56 bits per heavy atom. The molecule has 0 amide bonds. The van der Waals surface area contributed by atoms with Gasteiger partial charge < -0.3 is 15.2 Å². The van der Waals surface area contributed by atoms with Crippen LogP contribution in [0.15, 0.2) is 18.2 Å². The number of rotatable bonds is 3. The molecule has 1 aromatic carbocycles. The fourth-order valence-electron chi connectivity index (χ4n) is 1.61. The first-order valence-corrected chi connectivity index (χ1v) is 4.96. The minimum atomic E-state index is -0.851. The number of phenolic OH excluding ortho intramolecular Hbond substituents is 1. The molecule has 1 atom stereocenters. The van der Waals surface area contributed by atoms with Crippen LogP contribution in [-0.4, -0.2) is 26.2 Å². The Kier molecular flexibility index (Phi) is 2.52. The van der Waals surface area contributed by atoms with E-state index >= 15 is 0 Å². The van der Waals surface area contributed by atoms with E-state index in [4.69, 9.17) is 5.11 Å². The number of aromatic nitrogens is 2. The summed E-state index contributed by atoms with van der Waals surface area (Å²) in [5.41, 5.74) is 1.44. The van der Waals surface area contributed by atoms with Gasteiger partial charge in [0.15, 0.2) is 0 Å². The number of hydrogen-bond acceptors (Lipinski definition) is 3. The number of carboxylic acids is 1. The van der Waals surface area contributed by atoms with Crippen LogP contribution >= 0.6 is 0 Å². The highest BCUT2D eigenvalue weighted by atomic mass is 16.4. The number of fused-ring (bicyclic) bond motifs is 1. The third kappa shape index (κ3) is 1.98. The minimum Gasteiger partial charge on any atom is -0.508 e. The zero-order valence-corrected chi connectivity index (χ0v) is 8.77. The maximum absolute atomic E-state index is 10.6. The molecule has 0 saturated heterocycles. The molecule has 0 bridgehead atoms. The highest BCUT2D eigenvalue weighted by Crippen LogP contribution is 2.22. The van der Waals surface area contributed by atoms with E-state index in [-0.39, 0.29) is 18.1 Å². The van der Waals surface area contributed by atoms with E-state index in [1.807, 2.05) is 0 Å². The second kappa shape index (κ2) is 3.84. The van der Waals surface area contributed by atoms with Crippen molar-refractivity contribution >= 4 is 17.0 Å². The number of imidazole rings is 1. The van der Waals surface area contributed by atoms with Gasteiger partial charge in [0.1, 0.15) is 11.6 Å². The molecule has 2 aromatic rings. The molecule has 3 N–H and O–H groups in total. The second-order valence-electron chi connectivity index (χ2n) is 3.82. The molecular formula is C11H12N2O3. The van der Waals surface area contributed by atoms with E-state index in [1.54, 1.807) is 25.1 Å². The average molecular weight is 220 g/mol. The van der Waals surface area contributed by atoms with Crippen molar-refractivity contribution in [2.75, 3.05) is 0 Å². The molecule has 16 heavy (non-hydrogen) atoms. The summed E-state index contributed by atoms with van der Waals surface area (Å²) in [7, 11) is 0. The summed E-state index contributed by atoms with van der Waals surface area (Å²) in [4.78, 5) is 17.9. The van der Waals surface area contributed by atoms with Gasteiger partial charge in [-0.05, 0) is 12.1 Å². The average Bonchev–Trinajstić information content (AvgIpc) is 2.59. The van der Waals surface area contributed by atoms with Crippen LogP contribution < -0.4 is 0 Å². The number of H-pyrrole nitrogens is 1. The molecule has 0 fully saturated rings. The van der Waals surface area contributed by atoms with Gasteiger partial charge in [-0.2, -0.15) is 0 Å². The zero-order valence-electron chi connectivity index (χ0n) is 8.77.